The molecule has 0 saturated carbocycles. The van der Waals surface area contributed by atoms with E-state index >= 15 is 0 Å². The fourth-order valence-corrected chi connectivity index (χ4v) is 2.47. The standard InChI is InChI=1S/C12H8ClN3S/c13-11-4-2-1-3-10(11)8-17-12-9(7-14)5-6-15-16-12/h1-6H,8H2. The third-order valence-corrected chi connectivity index (χ3v) is 3.53. The van der Waals surface area contributed by atoms with Crippen LogP contribution in [0.2, 0.25) is 5.02 Å². The third kappa shape index (κ3) is 2.96. The first-order chi connectivity index (χ1) is 8.31. The van der Waals surface area contributed by atoms with E-state index in [0.717, 1.165) is 10.6 Å². The molecule has 0 fully saturated rings. The van der Waals surface area contributed by atoms with Gasteiger partial charge in [-0.2, -0.15) is 10.4 Å². The summed E-state index contributed by atoms with van der Waals surface area (Å²) in [5.74, 6) is 0.674. The van der Waals surface area contributed by atoms with E-state index in [-0.39, 0.29) is 0 Å². The van der Waals surface area contributed by atoms with E-state index < -0.39 is 0 Å². The zero-order chi connectivity index (χ0) is 12.1. The van der Waals surface area contributed by atoms with Gasteiger partial charge in [0.15, 0.2) is 0 Å². The average molecular weight is 262 g/mol. The average Bonchev–Trinajstić information content (AvgIpc) is 2.38. The fraction of sp³-hybridized carbons (Fsp3) is 0.0833. The number of thioether (sulfide) groups is 1. The second-order valence-electron chi connectivity index (χ2n) is 3.24. The Morgan fingerprint density at radius 2 is 2.12 bits per heavy atom. The number of rotatable bonds is 3. The minimum Gasteiger partial charge on any atom is -0.192 e. The van der Waals surface area contributed by atoms with Crippen molar-refractivity contribution in [1.29, 1.82) is 5.26 Å². The van der Waals surface area contributed by atoms with Crippen molar-refractivity contribution >= 4 is 23.4 Å². The lowest BCUT2D eigenvalue weighted by atomic mass is 10.2. The topological polar surface area (TPSA) is 49.6 Å². The molecule has 17 heavy (non-hydrogen) atoms. The summed E-state index contributed by atoms with van der Waals surface area (Å²) in [5, 5.41) is 18.0. The molecule has 0 unspecified atom stereocenters. The quantitative estimate of drug-likeness (QED) is 0.796. The van der Waals surface area contributed by atoms with E-state index in [1.165, 1.54) is 18.0 Å². The maximum atomic E-state index is 8.91. The van der Waals surface area contributed by atoms with Crippen molar-refractivity contribution in [3.63, 3.8) is 0 Å². The molecule has 0 atom stereocenters. The molecule has 3 nitrogen and oxygen atoms in total. The summed E-state index contributed by atoms with van der Waals surface area (Å²) < 4.78 is 0. The SMILES string of the molecule is N#Cc1ccnnc1SCc1ccccc1Cl. The number of nitrogens with zero attached hydrogens (tertiary/aromatic N) is 3. The van der Waals surface area contributed by atoms with Gasteiger partial charge in [0.25, 0.3) is 0 Å². The van der Waals surface area contributed by atoms with Gasteiger partial charge >= 0.3 is 0 Å². The maximum Gasteiger partial charge on any atom is 0.137 e. The van der Waals surface area contributed by atoms with Crippen molar-refractivity contribution in [3.05, 3.63) is 52.7 Å². The Bertz CT molecular complexity index is 566. The molecule has 84 valence electrons. The monoisotopic (exact) mass is 261 g/mol. The molecule has 2 rings (SSSR count). The zero-order valence-corrected chi connectivity index (χ0v) is 10.4. The summed E-state index contributed by atoms with van der Waals surface area (Å²) in [6.45, 7) is 0. The molecule has 5 heteroatoms. The summed E-state index contributed by atoms with van der Waals surface area (Å²) in [5.41, 5.74) is 1.56. The predicted molar refractivity (Wildman–Crippen MR) is 67.8 cm³/mol. The molecule has 1 heterocycles. The Hall–Kier alpha value is -1.57. The van der Waals surface area contributed by atoms with Crippen LogP contribution in [0.5, 0.6) is 0 Å². The minimum absolute atomic E-state index is 0.539. The van der Waals surface area contributed by atoms with Gasteiger partial charge in [0, 0.05) is 10.8 Å². The molecule has 0 bridgehead atoms. The van der Waals surface area contributed by atoms with Crippen LogP contribution < -0.4 is 0 Å². The van der Waals surface area contributed by atoms with Crippen LogP contribution in [0.3, 0.4) is 0 Å². The molecule has 0 spiro atoms. The van der Waals surface area contributed by atoms with Crippen LogP contribution in [0, 0.1) is 11.3 Å². The van der Waals surface area contributed by atoms with Gasteiger partial charge in [-0.15, -0.1) is 5.10 Å². The molecule has 0 saturated heterocycles. The largest absolute Gasteiger partial charge is 0.192 e. The lowest BCUT2D eigenvalue weighted by molar-refractivity contribution is 0.919. The van der Waals surface area contributed by atoms with Gasteiger partial charge in [0.05, 0.1) is 11.8 Å². The molecule has 0 radical (unpaired) electrons. The molecule has 0 N–H and O–H groups in total. The van der Waals surface area contributed by atoms with Crippen LogP contribution in [0.1, 0.15) is 11.1 Å². The smallest absolute Gasteiger partial charge is 0.137 e. The van der Waals surface area contributed by atoms with E-state index in [0.29, 0.717) is 16.3 Å². The first-order valence-electron chi connectivity index (χ1n) is 4.89. The van der Waals surface area contributed by atoms with Gasteiger partial charge < -0.3 is 0 Å². The molecule has 0 aliphatic rings. The Kier molecular flexibility index (Phi) is 3.97. The van der Waals surface area contributed by atoms with Gasteiger partial charge in [0.1, 0.15) is 11.1 Å². The highest BCUT2D eigenvalue weighted by Crippen LogP contribution is 2.26. The van der Waals surface area contributed by atoms with Crippen LogP contribution in [-0.4, -0.2) is 10.2 Å². The maximum absolute atomic E-state index is 8.91. The van der Waals surface area contributed by atoms with Crippen LogP contribution in [-0.2, 0) is 5.75 Å². The second-order valence-corrected chi connectivity index (χ2v) is 4.61. The normalized spacial score (nSPS) is 9.88. The van der Waals surface area contributed by atoms with Crippen LogP contribution >= 0.6 is 23.4 Å². The molecule has 0 aliphatic heterocycles. The van der Waals surface area contributed by atoms with Crippen molar-refractivity contribution in [3.8, 4) is 6.07 Å². The molecule has 1 aromatic carbocycles. The molecule has 2 aromatic rings. The first kappa shape index (κ1) is 11.9. The predicted octanol–water partition coefficient (Wildman–Crippen LogP) is 3.29. The second kappa shape index (κ2) is 5.67. The number of hydrogen-bond acceptors (Lipinski definition) is 4. The van der Waals surface area contributed by atoms with Gasteiger partial charge in [-0.1, -0.05) is 41.6 Å². The molecule has 0 amide bonds. The zero-order valence-electron chi connectivity index (χ0n) is 8.80. The number of hydrogen-bond donors (Lipinski definition) is 0. The Balaban J connectivity index is 2.13. The lowest BCUT2D eigenvalue weighted by Gasteiger charge is -2.03. The van der Waals surface area contributed by atoms with Gasteiger partial charge in [0.2, 0.25) is 0 Å². The highest BCUT2D eigenvalue weighted by Gasteiger charge is 2.06. The van der Waals surface area contributed by atoms with Gasteiger partial charge in [-0.05, 0) is 17.7 Å². The lowest BCUT2D eigenvalue weighted by Crippen LogP contribution is -1.90. The summed E-state index contributed by atoms with van der Waals surface area (Å²) in [6, 6.07) is 11.4. The molecule has 1 aromatic heterocycles. The third-order valence-electron chi connectivity index (χ3n) is 2.13. The Morgan fingerprint density at radius 3 is 2.88 bits per heavy atom. The van der Waals surface area contributed by atoms with Crippen molar-refractivity contribution in [2.45, 2.75) is 10.8 Å². The molecule has 0 aliphatic carbocycles. The summed E-state index contributed by atoms with van der Waals surface area (Å²) in [7, 11) is 0. The molecular weight excluding hydrogens is 254 g/mol. The summed E-state index contributed by atoms with van der Waals surface area (Å²) in [6.07, 6.45) is 1.51. The first-order valence-corrected chi connectivity index (χ1v) is 6.25. The van der Waals surface area contributed by atoms with Crippen LogP contribution in [0.25, 0.3) is 0 Å². The van der Waals surface area contributed by atoms with Crippen molar-refractivity contribution in [2.75, 3.05) is 0 Å². The van der Waals surface area contributed by atoms with Crippen LogP contribution in [0.15, 0.2) is 41.6 Å². The van der Waals surface area contributed by atoms with E-state index in [9.17, 15) is 0 Å². The van der Waals surface area contributed by atoms with Crippen molar-refractivity contribution in [1.82, 2.24) is 10.2 Å². The van der Waals surface area contributed by atoms with E-state index in [1.54, 1.807) is 6.07 Å². The van der Waals surface area contributed by atoms with Crippen molar-refractivity contribution < 1.29 is 0 Å². The minimum atomic E-state index is 0.539. The number of aromatic nitrogens is 2. The highest BCUT2D eigenvalue weighted by atomic mass is 35.5. The summed E-state index contributed by atoms with van der Waals surface area (Å²) in [4.78, 5) is 0. The number of benzene rings is 1. The van der Waals surface area contributed by atoms with Gasteiger partial charge in [-0.3, -0.25) is 0 Å². The molecular formula is C12H8ClN3S. The van der Waals surface area contributed by atoms with E-state index in [1.807, 2.05) is 24.3 Å². The van der Waals surface area contributed by atoms with Crippen molar-refractivity contribution in [2.24, 2.45) is 0 Å². The Labute approximate surface area is 108 Å². The van der Waals surface area contributed by atoms with E-state index in [4.69, 9.17) is 16.9 Å². The Morgan fingerprint density at radius 1 is 1.29 bits per heavy atom. The highest BCUT2D eigenvalue weighted by molar-refractivity contribution is 7.98. The van der Waals surface area contributed by atoms with Crippen LogP contribution in [0.4, 0.5) is 0 Å². The fourth-order valence-electron chi connectivity index (χ4n) is 1.27. The number of nitriles is 1. The van der Waals surface area contributed by atoms with E-state index in [2.05, 4.69) is 16.3 Å². The summed E-state index contributed by atoms with van der Waals surface area (Å²) >= 11 is 7.51. The number of halogens is 1. The van der Waals surface area contributed by atoms with Gasteiger partial charge in [-0.25, -0.2) is 0 Å².